The van der Waals surface area contributed by atoms with Crippen LogP contribution in [0.2, 0.25) is 0 Å². The van der Waals surface area contributed by atoms with Crippen LogP contribution < -0.4 is 5.32 Å². The number of benzene rings is 2. The normalized spacial score (nSPS) is 9.94. The summed E-state index contributed by atoms with van der Waals surface area (Å²) >= 11 is 0. The van der Waals surface area contributed by atoms with Gasteiger partial charge in [0.05, 0.1) is 0 Å². The van der Waals surface area contributed by atoms with Crippen molar-refractivity contribution in [2.45, 2.75) is 6.92 Å². The Morgan fingerprint density at radius 2 is 1.59 bits per heavy atom. The second-order valence-corrected chi connectivity index (χ2v) is 3.87. The zero-order valence-electron chi connectivity index (χ0n) is 9.47. The first kappa shape index (κ1) is 11.2. The van der Waals surface area contributed by atoms with E-state index in [1.807, 2.05) is 19.1 Å². The Kier molecular flexibility index (Phi) is 3.10. The van der Waals surface area contributed by atoms with Gasteiger partial charge in [-0.2, -0.15) is 0 Å². The van der Waals surface area contributed by atoms with E-state index < -0.39 is 0 Å². The second kappa shape index (κ2) is 4.70. The molecular formula is C14H13NO2. The number of amides is 1. The van der Waals surface area contributed by atoms with E-state index in [1.165, 1.54) is 12.1 Å². The molecule has 2 N–H and O–H groups in total. The van der Waals surface area contributed by atoms with Gasteiger partial charge in [-0.25, -0.2) is 0 Å². The molecule has 0 atom stereocenters. The van der Waals surface area contributed by atoms with Crippen LogP contribution in [0.3, 0.4) is 0 Å². The number of carbonyl (C=O) groups is 1. The quantitative estimate of drug-likeness (QED) is 0.775. The molecule has 2 rings (SSSR count). The van der Waals surface area contributed by atoms with E-state index in [0.717, 1.165) is 5.56 Å². The van der Waals surface area contributed by atoms with Crippen molar-refractivity contribution < 1.29 is 9.90 Å². The highest BCUT2D eigenvalue weighted by molar-refractivity contribution is 6.04. The summed E-state index contributed by atoms with van der Waals surface area (Å²) in [4.78, 5) is 11.8. The van der Waals surface area contributed by atoms with E-state index in [-0.39, 0.29) is 11.7 Å². The fraction of sp³-hybridized carbons (Fsp3) is 0.0714. The summed E-state index contributed by atoms with van der Waals surface area (Å²) in [5, 5.41) is 11.9. The van der Waals surface area contributed by atoms with Gasteiger partial charge < -0.3 is 10.4 Å². The molecular weight excluding hydrogens is 214 g/mol. The lowest BCUT2D eigenvalue weighted by Gasteiger charge is -2.05. The molecule has 3 heteroatoms. The number of hydrogen-bond acceptors (Lipinski definition) is 2. The highest BCUT2D eigenvalue weighted by Gasteiger charge is 2.05. The predicted octanol–water partition coefficient (Wildman–Crippen LogP) is 2.95. The lowest BCUT2D eigenvalue weighted by atomic mass is 10.1. The SMILES string of the molecule is Cc1ccc(C(=O)Nc2ccc(O)cc2)cc1. The molecule has 0 spiro atoms. The Morgan fingerprint density at radius 3 is 2.18 bits per heavy atom. The van der Waals surface area contributed by atoms with Crippen LogP contribution in [0.25, 0.3) is 0 Å². The van der Waals surface area contributed by atoms with Crippen molar-refractivity contribution in [3.63, 3.8) is 0 Å². The Balaban J connectivity index is 2.11. The molecule has 0 heterocycles. The molecule has 17 heavy (non-hydrogen) atoms. The van der Waals surface area contributed by atoms with Crippen LogP contribution in [0.4, 0.5) is 5.69 Å². The first-order valence-corrected chi connectivity index (χ1v) is 5.32. The van der Waals surface area contributed by atoms with E-state index in [1.54, 1.807) is 24.3 Å². The summed E-state index contributed by atoms with van der Waals surface area (Å²) in [6.45, 7) is 1.97. The van der Waals surface area contributed by atoms with Crippen molar-refractivity contribution >= 4 is 11.6 Å². The molecule has 86 valence electrons. The van der Waals surface area contributed by atoms with Crippen LogP contribution >= 0.6 is 0 Å². The Morgan fingerprint density at radius 1 is 1.00 bits per heavy atom. The predicted molar refractivity (Wildman–Crippen MR) is 67.2 cm³/mol. The summed E-state index contributed by atoms with van der Waals surface area (Å²) in [6.07, 6.45) is 0. The van der Waals surface area contributed by atoms with Gasteiger partial charge >= 0.3 is 0 Å². The van der Waals surface area contributed by atoms with Crippen molar-refractivity contribution in [1.29, 1.82) is 0 Å². The molecule has 0 aliphatic rings. The molecule has 0 saturated heterocycles. The molecule has 0 aromatic heterocycles. The number of phenolic OH excluding ortho intramolecular Hbond substituents is 1. The molecule has 0 aliphatic heterocycles. The maximum absolute atomic E-state index is 11.8. The average molecular weight is 227 g/mol. The Labute approximate surface area is 99.7 Å². The first-order valence-electron chi connectivity index (χ1n) is 5.32. The fourth-order valence-corrected chi connectivity index (χ4v) is 1.45. The van der Waals surface area contributed by atoms with Crippen molar-refractivity contribution in [1.82, 2.24) is 0 Å². The third-order valence-corrected chi connectivity index (χ3v) is 2.44. The number of rotatable bonds is 2. The number of aromatic hydroxyl groups is 1. The maximum atomic E-state index is 11.8. The third kappa shape index (κ3) is 2.84. The van der Waals surface area contributed by atoms with Gasteiger partial charge in [0, 0.05) is 11.3 Å². The average Bonchev–Trinajstić information content (AvgIpc) is 2.33. The molecule has 0 aliphatic carbocycles. The standard InChI is InChI=1S/C14H13NO2/c1-10-2-4-11(5-3-10)14(17)15-12-6-8-13(16)9-7-12/h2-9,16H,1H3,(H,15,17). The van der Waals surface area contributed by atoms with Crippen LogP contribution in [0.1, 0.15) is 15.9 Å². The lowest BCUT2D eigenvalue weighted by Crippen LogP contribution is -2.11. The van der Waals surface area contributed by atoms with Crippen LogP contribution in [0.5, 0.6) is 5.75 Å². The molecule has 2 aromatic carbocycles. The van der Waals surface area contributed by atoms with Gasteiger partial charge in [0.1, 0.15) is 5.75 Å². The summed E-state index contributed by atoms with van der Waals surface area (Å²) < 4.78 is 0. The molecule has 0 saturated carbocycles. The Bertz CT molecular complexity index is 515. The smallest absolute Gasteiger partial charge is 0.255 e. The largest absolute Gasteiger partial charge is 0.508 e. The van der Waals surface area contributed by atoms with Gasteiger partial charge in [0.15, 0.2) is 0 Å². The highest BCUT2D eigenvalue weighted by Crippen LogP contribution is 2.14. The highest BCUT2D eigenvalue weighted by atomic mass is 16.3. The van der Waals surface area contributed by atoms with Crippen molar-refractivity contribution in [2.24, 2.45) is 0 Å². The number of aryl methyl sites for hydroxylation is 1. The van der Waals surface area contributed by atoms with E-state index >= 15 is 0 Å². The summed E-state index contributed by atoms with van der Waals surface area (Å²) in [6, 6.07) is 13.7. The zero-order valence-corrected chi connectivity index (χ0v) is 9.47. The molecule has 3 nitrogen and oxygen atoms in total. The lowest BCUT2D eigenvalue weighted by molar-refractivity contribution is 0.102. The van der Waals surface area contributed by atoms with E-state index in [4.69, 9.17) is 5.11 Å². The van der Waals surface area contributed by atoms with E-state index in [2.05, 4.69) is 5.32 Å². The molecule has 1 amide bonds. The molecule has 0 fully saturated rings. The second-order valence-electron chi connectivity index (χ2n) is 3.87. The summed E-state index contributed by atoms with van der Waals surface area (Å²) in [5.74, 6) is 0.0222. The van der Waals surface area contributed by atoms with E-state index in [9.17, 15) is 4.79 Å². The van der Waals surface area contributed by atoms with Gasteiger partial charge in [-0.05, 0) is 43.3 Å². The minimum Gasteiger partial charge on any atom is -0.508 e. The first-order chi connectivity index (χ1) is 8.15. The van der Waals surface area contributed by atoms with E-state index in [0.29, 0.717) is 11.3 Å². The minimum absolute atomic E-state index is 0.157. The van der Waals surface area contributed by atoms with Crippen LogP contribution in [0, 0.1) is 6.92 Å². The van der Waals surface area contributed by atoms with Gasteiger partial charge in [-0.3, -0.25) is 4.79 Å². The van der Waals surface area contributed by atoms with Gasteiger partial charge in [-0.1, -0.05) is 17.7 Å². The number of carbonyl (C=O) groups excluding carboxylic acids is 1. The van der Waals surface area contributed by atoms with Crippen molar-refractivity contribution in [3.8, 4) is 5.75 Å². The monoisotopic (exact) mass is 227 g/mol. The summed E-state index contributed by atoms with van der Waals surface area (Å²) in [7, 11) is 0. The molecule has 2 aromatic rings. The van der Waals surface area contributed by atoms with Crippen molar-refractivity contribution in [2.75, 3.05) is 5.32 Å². The number of hydrogen-bond donors (Lipinski definition) is 2. The number of phenols is 1. The van der Waals surface area contributed by atoms with Crippen molar-refractivity contribution in [3.05, 3.63) is 59.7 Å². The molecule has 0 radical (unpaired) electrons. The fourth-order valence-electron chi connectivity index (χ4n) is 1.45. The third-order valence-electron chi connectivity index (χ3n) is 2.44. The van der Waals surface area contributed by atoms with Crippen LogP contribution in [0.15, 0.2) is 48.5 Å². The molecule has 0 unspecified atom stereocenters. The zero-order chi connectivity index (χ0) is 12.3. The topological polar surface area (TPSA) is 49.3 Å². The van der Waals surface area contributed by atoms with Gasteiger partial charge in [0.25, 0.3) is 5.91 Å². The van der Waals surface area contributed by atoms with Gasteiger partial charge in [-0.15, -0.1) is 0 Å². The Hall–Kier alpha value is -2.29. The van der Waals surface area contributed by atoms with Gasteiger partial charge in [0.2, 0.25) is 0 Å². The van der Waals surface area contributed by atoms with Crippen LogP contribution in [-0.2, 0) is 0 Å². The molecule has 0 bridgehead atoms. The summed E-state index contributed by atoms with van der Waals surface area (Å²) in [5.41, 5.74) is 2.39. The van der Waals surface area contributed by atoms with Crippen LogP contribution in [-0.4, -0.2) is 11.0 Å². The minimum atomic E-state index is -0.157. The number of nitrogens with one attached hydrogen (secondary N) is 1. The number of anilines is 1. The maximum Gasteiger partial charge on any atom is 0.255 e.